The van der Waals surface area contributed by atoms with Crippen molar-refractivity contribution in [3.8, 4) is 0 Å². The van der Waals surface area contributed by atoms with Crippen LogP contribution in [-0.4, -0.2) is 18.9 Å². The summed E-state index contributed by atoms with van der Waals surface area (Å²) in [6.07, 6.45) is -2.65. The summed E-state index contributed by atoms with van der Waals surface area (Å²) in [5.41, 5.74) is 5.28. The van der Waals surface area contributed by atoms with E-state index in [9.17, 15) is 18.0 Å². The predicted molar refractivity (Wildman–Crippen MR) is 49.1 cm³/mol. The molecule has 0 fully saturated rings. The Morgan fingerprint density at radius 1 is 1.47 bits per heavy atom. The molecular formula is C9H9F3N2O. The number of halogens is 3. The Morgan fingerprint density at radius 3 is 2.73 bits per heavy atom. The van der Waals surface area contributed by atoms with Gasteiger partial charge in [0.1, 0.15) is 5.82 Å². The van der Waals surface area contributed by atoms with E-state index in [-0.39, 0.29) is 11.3 Å². The maximum absolute atomic E-state index is 12.7. The van der Waals surface area contributed by atoms with Crippen molar-refractivity contribution in [2.75, 3.05) is 12.3 Å². The lowest BCUT2D eigenvalue weighted by Gasteiger charge is -2.06. The number of carbonyl (C=O) groups excluding carboxylic acids is 1. The number of alkyl halides is 2. The first-order valence-electron chi connectivity index (χ1n) is 4.12. The second-order valence-corrected chi connectivity index (χ2v) is 2.83. The largest absolute Gasteiger partial charge is 0.398 e. The zero-order chi connectivity index (χ0) is 11.4. The average molecular weight is 218 g/mol. The molecule has 0 aliphatic carbocycles. The molecule has 1 aromatic carbocycles. The van der Waals surface area contributed by atoms with Crippen LogP contribution in [0, 0.1) is 5.82 Å². The Hall–Kier alpha value is -1.72. The third-order valence-corrected chi connectivity index (χ3v) is 1.68. The molecule has 6 heteroatoms. The highest BCUT2D eigenvalue weighted by atomic mass is 19.3. The van der Waals surface area contributed by atoms with E-state index in [1.807, 2.05) is 5.32 Å². The molecule has 0 aliphatic heterocycles. The highest BCUT2D eigenvalue weighted by molar-refractivity contribution is 5.99. The number of nitrogen functional groups attached to an aromatic ring is 1. The molecule has 0 heterocycles. The van der Waals surface area contributed by atoms with Gasteiger partial charge in [-0.1, -0.05) is 0 Å². The second kappa shape index (κ2) is 4.68. The number of nitrogens with two attached hydrogens (primary N) is 1. The SMILES string of the molecule is Nc1ccc(F)cc1C(=O)NCC(F)F. The lowest BCUT2D eigenvalue weighted by atomic mass is 10.1. The summed E-state index contributed by atoms with van der Waals surface area (Å²) in [7, 11) is 0. The summed E-state index contributed by atoms with van der Waals surface area (Å²) >= 11 is 0. The molecule has 1 amide bonds. The first kappa shape index (κ1) is 11.4. The summed E-state index contributed by atoms with van der Waals surface area (Å²) in [4.78, 5) is 11.2. The van der Waals surface area contributed by atoms with Crippen LogP contribution in [0.5, 0.6) is 0 Å². The third-order valence-electron chi connectivity index (χ3n) is 1.68. The maximum Gasteiger partial charge on any atom is 0.255 e. The minimum Gasteiger partial charge on any atom is -0.398 e. The summed E-state index contributed by atoms with van der Waals surface area (Å²) in [5.74, 6) is -1.46. The topological polar surface area (TPSA) is 55.1 Å². The van der Waals surface area contributed by atoms with Crippen LogP contribution < -0.4 is 11.1 Å². The number of nitrogens with one attached hydrogen (secondary N) is 1. The van der Waals surface area contributed by atoms with Gasteiger partial charge in [-0.2, -0.15) is 0 Å². The van der Waals surface area contributed by atoms with Crippen molar-refractivity contribution in [1.29, 1.82) is 0 Å². The predicted octanol–water partition coefficient (Wildman–Crippen LogP) is 1.40. The van der Waals surface area contributed by atoms with Gasteiger partial charge in [0.2, 0.25) is 0 Å². The van der Waals surface area contributed by atoms with E-state index < -0.39 is 24.7 Å². The maximum atomic E-state index is 12.7. The average Bonchev–Trinajstić information content (AvgIpc) is 2.18. The van der Waals surface area contributed by atoms with Crippen molar-refractivity contribution >= 4 is 11.6 Å². The van der Waals surface area contributed by atoms with Gasteiger partial charge in [-0.05, 0) is 18.2 Å². The molecule has 82 valence electrons. The van der Waals surface area contributed by atoms with Gasteiger partial charge >= 0.3 is 0 Å². The van der Waals surface area contributed by atoms with E-state index in [1.165, 1.54) is 6.07 Å². The first-order valence-corrected chi connectivity index (χ1v) is 4.12. The molecule has 1 rings (SSSR count). The summed E-state index contributed by atoms with van der Waals surface area (Å²) in [6.45, 7) is -0.783. The first-order chi connectivity index (χ1) is 7.00. The van der Waals surface area contributed by atoms with Gasteiger partial charge in [-0.15, -0.1) is 0 Å². The van der Waals surface area contributed by atoms with Gasteiger partial charge in [-0.3, -0.25) is 4.79 Å². The number of anilines is 1. The fourth-order valence-corrected chi connectivity index (χ4v) is 0.990. The van der Waals surface area contributed by atoms with Crippen molar-refractivity contribution in [2.45, 2.75) is 6.43 Å². The Labute approximate surface area is 84.1 Å². The Bertz CT molecular complexity index is 368. The van der Waals surface area contributed by atoms with Crippen LogP contribution in [0.1, 0.15) is 10.4 Å². The number of amides is 1. The molecule has 0 bridgehead atoms. The number of hydrogen-bond acceptors (Lipinski definition) is 2. The molecule has 15 heavy (non-hydrogen) atoms. The molecule has 0 saturated carbocycles. The highest BCUT2D eigenvalue weighted by Gasteiger charge is 2.12. The van der Waals surface area contributed by atoms with Gasteiger partial charge in [-0.25, -0.2) is 13.2 Å². The van der Waals surface area contributed by atoms with E-state index in [0.717, 1.165) is 12.1 Å². The third kappa shape index (κ3) is 3.16. The molecule has 0 unspecified atom stereocenters. The van der Waals surface area contributed by atoms with Gasteiger partial charge in [0.25, 0.3) is 12.3 Å². The molecule has 0 spiro atoms. The van der Waals surface area contributed by atoms with E-state index in [2.05, 4.69) is 0 Å². The zero-order valence-corrected chi connectivity index (χ0v) is 7.64. The lowest BCUT2D eigenvalue weighted by Crippen LogP contribution is -2.29. The van der Waals surface area contributed by atoms with Crippen molar-refractivity contribution in [1.82, 2.24) is 5.32 Å². The summed E-state index contributed by atoms with van der Waals surface area (Å²) < 4.78 is 36.3. The van der Waals surface area contributed by atoms with Crippen molar-refractivity contribution in [2.24, 2.45) is 0 Å². The van der Waals surface area contributed by atoms with Crippen molar-refractivity contribution in [3.05, 3.63) is 29.6 Å². The summed E-state index contributed by atoms with van der Waals surface area (Å²) in [6, 6.07) is 3.18. The molecular weight excluding hydrogens is 209 g/mol. The molecule has 0 radical (unpaired) electrons. The van der Waals surface area contributed by atoms with Crippen LogP contribution in [0.15, 0.2) is 18.2 Å². The van der Waals surface area contributed by atoms with Crippen LogP contribution in [0.25, 0.3) is 0 Å². The molecule has 0 atom stereocenters. The summed E-state index contributed by atoms with van der Waals surface area (Å²) in [5, 5.41) is 1.93. The van der Waals surface area contributed by atoms with E-state index in [4.69, 9.17) is 5.73 Å². The van der Waals surface area contributed by atoms with Crippen molar-refractivity contribution < 1.29 is 18.0 Å². The van der Waals surface area contributed by atoms with Crippen LogP contribution in [0.3, 0.4) is 0 Å². The second-order valence-electron chi connectivity index (χ2n) is 2.83. The molecule has 0 saturated heterocycles. The molecule has 3 nitrogen and oxygen atoms in total. The fourth-order valence-electron chi connectivity index (χ4n) is 0.990. The molecule has 0 aliphatic rings. The fraction of sp³-hybridized carbons (Fsp3) is 0.222. The number of rotatable bonds is 3. The zero-order valence-electron chi connectivity index (χ0n) is 7.64. The van der Waals surface area contributed by atoms with Gasteiger partial charge < -0.3 is 11.1 Å². The number of benzene rings is 1. The quantitative estimate of drug-likeness (QED) is 0.753. The van der Waals surface area contributed by atoms with Gasteiger partial charge in [0.05, 0.1) is 12.1 Å². The minimum absolute atomic E-state index is 0.0446. The van der Waals surface area contributed by atoms with Crippen LogP contribution in [-0.2, 0) is 0 Å². The number of carbonyl (C=O) groups is 1. The van der Waals surface area contributed by atoms with Gasteiger partial charge in [0.15, 0.2) is 0 Å². The Kier molecular flexibility index (Phi) is 3.54. The number of hydrogen-bond donors (Lipinski definition) is 2. The van der Waals surface area contributed by atoms with Crippen LogP contribution in [0.4, 0.5) is 18.9 Å². The Morgan fingerprint density at radius 2 is 2.13 bits per heavy atom. The Balaban J connectivity index is 2.77. The van der Waals surface area contributed by atoms with Crippen LogP contribution >= 0.6 is 0 Å². The van der Waals surface area contributed by atoms with E-state index >= 15 is 0 Å². The normalized spacial score (nSPS) is 10.4. The molecule has 3 N–H and O–H groups in total. The van der Waals surface area contributed by atoms with E-state index in [0.29, 0.717) is 0 Å². The minimum atomic E-state index is -2.65. The van der Waals surface area contributed by atoms with Crippen LogP contribution in [0.2, 0.25) is 0 Å². The van der Waals surface area contributed by atoms with Gasteiger partial charge in [0, 0.05) is 5.69 Å². The lowest BCUT2D eigenvalue weighted by molar-refractivity contribution is 0.0892. The van der Waals surface area contributed by atoms with Crippen molar-refractivity contribution in [3.63, 3.8) is 0 Å². The standard InChI is InChI=1S/C9H9F3N2O/c10-5-1-2-7(13)6(3-5)9(15)14-4-8(11)12/h1-3,8H,4,13H2,(H,14,15). The molecule has 1 aromatic rings. The van der Waals surface area contributed by atoms with E-state index in [1.54, 1.807) is 0 Å². The smallest absolute Gasteiger partial charge is 0.255 e. The molecule has 0 aromatic heterocycles. The highest BCUT2D eigenvalue weighted by Crippen LogP contribution is 2.12. The monoisotopic (exact) mass is 218 g/mol.